The highest BCUT2D eigenvalue weighted by Crippen LogP contribution is 2.30. The molecule has 1 atom stereocenters. The van der Waals surface area contributed by atoms with E-state index in [1.165, 1.54) is 24.1 Å². The summed E-state index contributed by atoms with van der Waals surface area (Å²) in [6, 6.07) is 0. The fraction of sp³-hybridized carbons (Fsp3) is 0.769. The number of aromatic nitrogens is 2. The average molecular weight is 235 g/mol. The van der Waals surface area contributed by atoms with Gasteiger partial charge in [0.1, 0.15) is 0 Å². The SMILES string of the molecule is CCn1cc2c(n1)C(COCC1CC1)CNC2. The number of aryl methyl sites for hydroxylation is 1. The van der Waals surface area contributed by atoms with E-state index in [4.69, 9.17) is 4.74 Å². The quantitative estimate of drug-likeness (QED) is 0.841. The van der Waals surface area contributed by atoms with E-state index < -0.39 is 0 Å². The van der Waals surface area contributed by atoms with Crippen LogP contribution < -0.4 is 5.32 Å². The van der Waals surface area contributed by atoms with E-state index in [0.29, 0.717) is 5.92 Å². The molecule has 1 aliphatic heterocycles. The maximum Gasteiger partial charge on any atom is 0.0736 e. The van der Waals surface area contributed by atoms with Crippen molar-refractivity contribution in [2.75, 3.05) is 19.8 Å². The van der Waals surface area contributed by atoms with E-state index in [1.807, 2.05) is 4.68 Å². The maximum atomic E-state index is 5.81. The van der Waals surface area contributed by atoms with Crippen molar-refractivity contribution in [2.24, 2.45) is 5.92 Å². The van der Waals surface area contributed by atoms with Crippen molar-refractivity contribution in [3.63, 3.8) is 0 Å². The zero-order valence-electron chi connectivity index (χ0n) is 10.5. The summed E-state index contributed by atoms with van der Waals surface area (Å²) in [6.45, 7) is 6.79. The Balaban J connectivity index is 1.62. The normalized spacial score (nSPS) is 23.7. The lowest BCUT2D eigenvalue weighted by Gasteiger charge is -2.21. The first kappa shape index (κ1) is 11.2. The minimum Gasteiger partial charge on any atom is -0.380 e. The second kappa shape index (κ2) is 4.78. The van der Waals surface area contributed by atoms with E-state index in [1.54, 1.807) is 0 Å². The lowest BCUT2D eigenvalue weighted by molar-refractivity contribution is 0.107. The fourth-order valence-corrected chi connectivity index (χ4v) is 2.40. The van der Waals surface area contributed by atoms with Crippen molar-refractivity contribution in [1.82, 2.24) is 15.1 Å². The van der Waals surface area contributed by atoms with Crippen LogP contribution in [0.25, 0.3) is 0 Å². The average Bonchev–Trinajstić information content (AvgIpc) is 3.06. The predicted molar refractivity (Wildman–Crippen MR) is 65.9 cm³/mol. The van der Waals surface area contributed by atoms with Gasteiger partial charge in [0.25, 0.3) is 0 Å². The molecule has 2 aliphatic rings. The second-order valence-corrected chi connectivity index (χ2v) is 5.20. The summed E-state index contributed by atoms with van der Waals surface area (Å²) in [7, 11) is 0. The molecule has 0 saturated heterocycles. The van der Waals surface area contributed by atoms with Crippen molar-refractivity contribution < 1.29 is 4.74 Å². The summed E-state index contributed by atoms with van der Waals surface area (Å²) in [5.41, 5.74) is 2.60. The van der Waals surface area contributed by atoms with Crippen LogP contribution >= 0.6 is 0 Å². The monoisotopic (exact) mass is 235 g/mol. The Morgan fingerprint density at radius 3 is 3.12 bits per heavy atom. The van der Waals surface area contributed by atoms with E-state index in [-0.39, 0.29) is 0 Å². The van der Waals surface area contributed by atoms with Crippen LogP contribution in [0.5, 0.6) is 0 Å². The summed E-state index contributed by atoms with van der Waals surface area (Å²) < 4.78 is 7.84. The Kier molecular flexibility index (Phi) is 3.16. The Labute approximate surface area is 102 Å². The largest absolute Gasteiger partial charge is 0.380 e. The predicted octanol–water partition coefficient (Wildman–Crippen LogP) is 1.52. The van der Waals surface area contributed by atoms with Gasteiger partial charge in [0.15, 0.2) is 0 Å². The van der Waals surface area contributed by atoms with Gasteiger partial charge in [-0.15, -0.1) is 0 Å². The Morgan fingerprint density at radius 1 is 1.47 bits per heavy atom. The minimum absolute atomic E-state index is 0.435. The Morgan fingerprint density at radius 2 is 2.35 bits per heavy atom. The molecule has 94 valence electrons. The van der Waals surface area contributed by atoms with Crippen molar-refractivity contribution in [3.8, 4) is 0 Å². The Bertz CT molecular complexity index is 384. The van der Waals surface area contributed by atoms with Crippen LogP contribution in [0.15, 0.2) is 6.20 Å². The third-order valence-electron chi connectivity index (χ3n) is 3.66. The van der Waals surface area contributed by atoms with Gasteiger partial charge in [-0.3, -0.25) is 4.68 Å². The fourth-order valence-electron chi connectivity index (χ4n) is 2.40. The summed E-state index contributed by atoms with van der Waals surface area (Å²) in [5.74, 6) is 1.28. The third kappa shape index (κ3) is 2.53. The molecule has 1 fully saturated rings. The number of fused-ring (bicyclic) bond motifs is 1. The molecule has 1 aliphatic carbocycles. The minimum atomic E-state index is 0.435. The highest BCUT2D eigenvalue weighted by molar-refractivity contribution is 5.24. The number of rotatable bonds is 5. The zero-order chi connectivity index (χ0) is 11.7. The van der Waals surface area contributed by atoms with Gasteiger partial charge in [-0.25, -0.2) is 0 Å². The molecule has 2 heterocycles. The van der Waals surface area contributed by atoms with E-state index in [9.17, 15) is 0 Å². The molecular weight excluding hydrogens is 214 g/mol. The smallest absolute Gasteiger partial charge is 0.0736 e. The third-order valence-corrected chi connectivity index (χ3v) is 3.66. The second-order valence-electron chi connectivity index (χ2n) is 5.20. The van der Waals surface area contributed by atoms with E-state index in [0.717, 1.165) is 38.8 Å². The van der Waals surface area contributed by atoms with Crippen LogP contribution in [-0.2, 0) is 17.8 Å². The molecule has 4 heteroatoms. The number of hydrogen-bond donors (Lipinski definition) is 1. The molecule has 1 unspecified atom stereocenters. The first-order valence-electron chi connectivity index (χ1n) is 6.71. The van der Waals surface area contributed by atoms with Crippen LogP contribution in [0.2, 0.25) is 0 Å². The molecule has 0 radical (unpaired) electrons. The summed E-state index contributed by atoms with van der Waals surface area (Å²) in [5, 5.41) is 8.11. The van der Waals surface area contributed by atoms with Gasteiger partial charge in [-0.05, 0) is 25.7 Å². The number of hydrogen-bond acceptors (Lipinski definition) is 3. The van der Waals surface area contributed by atoms with Crippen LogP contribution in [0.4, 0.5) is 0 Å². The van der Waals surface area contributed by atoms with Gasteiger partial charge < -0.3 is 10.1 Å². The molecule has 0 bridgehead atoms. The molecule has 0 aromatic carbocycles. The van der Waals surface area contributed by atoms with Gasteiger partial charge in [0, 0.05) is 43.9 Å². The molecule has 0 spiro atoms. The van der Waals surface area contributed by atoms with Gasteiger partial charge in [-0.1, -0.05) is 0 Å². The molecule has 1 saturated carbocycles. The van der Waals surface area contributed by atoms with Gasteiger partial charge >= 0.3 is 0 Å². The number of nitrogens with zero attached hydrogens (tertiary/aromatic N) is 2. The van der Waals surface area contributed by atoms with Crippen molar-refractivity contribution in [1.29, 1.82) is 0 Å². The van der Waals surface area contributed by atoms with Crippen LogP contribution in [-0.4, -0.2) is 29.5 Å². The van der Waals surface area contributed by atoms with Crippen molar-refractivity contribution >= 4 is 0 Å². The first-order chi connectivity index (χ1) is 8.36. The number of nitrogens with one attached hydrogen (secondary N) is 1. The lowest BCUT2D eigenvalue weighted by Crippen LogP contribution is -2.30. The summed E-state index contributed by atoms with van der Waals surface area (Å²) >= 11 is 0. The van der Waals surface area contributed by atoms with Gasteiger partial charge in [0.05, 0.1) is 12.3 Å². The molecular formula is C13H21N3O. The molecule has 1 N–H and O–H groups in total. The van der Waals surface area contributed by atoms with E-state index in [2.05, 4.69) is 23.5 Å². The molecule has 0 amide bonds. The van der Waals surface area contributed by atoms with Crippen LogP contribution in [0.3, 0.4) is 0 Å². The Hall–Kier alpha value is -0.870. The van der Waals surface area contributed by atoms with Crippen LogP contribution in [0.1, 0.15) is 36.9 Å². The molecule has 3 rings (SSSR count). The summed E-state index contributed by atoms with van der Waals surface area (Å²) in [4.78, 5) is 0. The molecule has 4 nitrogen and oxygen atoms in total. The standard InChI is InChI=1S/C13H21N3O/c1-2-16-7-11-5-14-6-12(13(11)15-16)9-17-8-10-3-4-10/h7,10,12,14H,2-6,8-9H2,1H3. The van der Waals surface area contributed by atoms with Gasteiger partial charge in [-0.2, -0.15) is 5.10 Å². The topological polar surface area (TPSA) is 39.1 Å². The molecule has 1 aromatic rings. The first-order valence-corrected chi connectivity index (χ1v) is 6.71. The molecule has 1 aromatic heterocycles. The molecule has 17 heavy (non-hydrogen) atoms. The highest BCUT2D eigenvalue weighted by atomic mass is 16.5. The maximum absolute atomic E-state index is 5.81. The van der Waals surface area contributed by atoms with Gasteiger partial charge in [0.2, 0.25) is 0 Å². The lowest BCUT2D eigenvalue weighted by atomic mass is 9.99. The number of ether oxygens (including phenoxy) is 1. The van der Waals surface area contributed by atoms with Crippen molar-refractivity contribution in [2.45, 2.75) is 38.8 Å². The van der Waals surface area contributed by atoms with E-state index >= 15 is 0 Å². The zero-order valence-corrected chi connectivity index (χ0v) is 10.5. The highest BCUT2D eigenvalue weighted by Gasteiger charge is 2.26. The van der Waals surface area contributed by atoms with Crippen LogP contribution in [0, 0.1) is 5.92 Å². The summed E-state index contributed by atoms with van der Waals surface area (Å²) in [6.07, 6.45) is 4.88. The van der Waals surface area contributed by atoms with Crippen molar-refractivity contribution in [3.05, 3.63) is 17.5 Å².